The molecule has 0 aromatic rings. The number of unbranched alkanes of at least 4 members (excludes halogenated alkanes) is 2. The van der Waals surface area contributed by atoms with Crippen molar-refractivity contribution in [3.63, 3.8) is 0 Å². The van der Waals surface area contributed by atoms with E-state index < -0.39 is 0 Å². The van der Waals surface area contributed by atoms with Crippen molar-refractivity contribution in [1.82, 2.24) is 20.4 Å². The molecular formula is C20H42N4. The molecule has 0 aromatic heterocycles. The number of rotatable bonds is 6. The van der Waals surface area contributed by atoms with Gasteiger partial charge in [0.15, 0.2) is 0 Å². The third-order valence-electron chi connectivity index (χ3n) is 5.85. The molecule has 24 heavy (non-hydrogen) atoms. The van der Waals surface area contributed by atoms with Gasteiger partial charge in [-0.25, -0.2) is 0 Å². The predicted octanol–water partition coefficient (Wildman–Crippen LogP) is 2.69. The minimum absolute atomic E-state index is 0.723. The van der Waals surface area contributed by atoms with Gasteiger partial charge in [0.1, 0.15) is 0 Å². The van der Waals surface area contributed by atoms with Crippen LogP contribution >= 0.6 is 0 Å². The van der Waals surface area contributed by atoms with Crippen molar-refractivity contribution in [3.8, 4) is 0 Å². The topological polar surface area (TPSA) is 30.5 Å². The Morgan fingerprint density at radius 3 is 1.54 bits per heavy atom. The van der Waals surface area contributed by atoms with Crippen molar-refractivity contribution >= 4 is 0 Å². The maximum absolute atomic E-state index is 3.85. The molecular weight excluding hydrogens is 296 g/mol. The Balaban J connectivity index is 1.89. The minimum Gasteiger partial charge on any atom is -0.313 e. The van der Waals surface area contributed by atoms with Crippen LogP contribution in [0.5, 0.6) is 0 Å². The van der Waals surface area contributed by atoms with Crippen LogP contribution in [-0.4, -0.2) is 74.2 Å². The van der Waals surface area contributed by atoms with Crippen molar-refractivity contribution in [2.45, 2.75) is 77.3 Å². The van der Waals surface area contributed by atoms with Crippen LogP contribution in [0.15, 0.2) is 0 Å². The van der Waals surface area contributed by atoms with Gasteiger partial charge < -0.3 is 20.4 Å². The average molecular weight is 339 g/mol. The summed E-state index contributed by atoms with van der Waals surface area (Å²) in [5.41, 5.74) is 0. The maximum atomic E-state index is 3.85. The second kappa shape index (κ2) is 12.2. The van der Waals surface area contributed by atoms with Crippen LogP contribution in [-0.2, 0) is 0 Å². The lowest BCUT2D eigenvalue weighted by Gasteiger charge is -2.34. The zero-order valence-corrected chi connectivity index (χ0v) is 16.4. The molecule has 4 atom stereocenters. The van der Waals surface area contributed by atoms with Crippen molar-refractivity contribution < 1.29 is 0 Å². The second-order valence-electron chi connectivity index (χ2n) is 7.85. The number of hydrogen-bond donors (Lipinski definition) is 2. The van der Waals surface area contributed by atoms with E-state index in [1.54, 1.807) is 0 Å². The van der Waals surface area contributed by atoms with Gasteiger partial charge in [-0.3, -0.25) is 0 Å². The molecule has 0 spiro atoms. The fraction of sp³-hybridized carbons (Fsp3) is 1.00. The Morgan fingerprint density at radius 2 is 1.12 bits per heavy atom. The normalized spacial score (nSPS) is 33.2. The number of hydrogen-bond acceptors (Lipinski definition) is 4. The summed E-state index contributed by atoms with van der Waals surface area (Å²) in [5.74, 6) is 0. The molecule has 2 rings (SSSR count). The summed E-state index contributed by atoms with van der Waals surface area (Å²) < 4.78 is 0. The van der Waals surface area contributed by atoms with Gasteiger partial charge in [0.25, 0.3) is 0 Å². The molecule has 0 amide bonds. The van der Waals surface area contributed by atoms with E-state index in [0.717, 1.165) is 12.1 Å². The summed E-state index contributed by atoms with van der Waals surface area (Å²) in [6.45, 7) is 14.4. The van der Waals surface area contributed by atoms with E-state index in [1.165, 1.54) is 104 Å². The summed E-state index contributed by atoms with van der Waals surface area (Å²) in [6.07, 6.45) is 10.7. The van der Waals surface area contributed by atoms with Gasteiger partial charge in [-0.05, 0) is 38.8 Å². The lowest BCUT2D eigenvalue weighted by molar-refractivity contribution is 0.164. The highest BCUT2D eigenvalue weighted by Crippen LogP contribution is 2.11. The Morgan fingerprint density at radius 1 is 0.667 bits per heavy atom. The molecule has 4 unspecified atom stereocenters. The molecule has 2 aliphatic heterocycles. The van der Waals surface area contributed by atoms with E-state index in [0.29, 0.717) is 0 Å². The molecule has 0 saturated carbocycles. The van der Waals surface area contributed by atoms with E-state index in [2.05, 4.69) is 34.3 Å². The summed E-state index contributed by atoms with van der Waals surface area (Å²) in [7, 11) is 0. The molecule has 4 heteroatoms. The molecule has 2 heterocycles. The van der Waals surface area contributed by atoms with Crippen molar-refractivity contribution in [3.05, 3.63) is 0 Å². The van der Waals surface area contributed by atoms with Crippen LogP contribution in [0.4, 0.5) is 0 Å². The first-order chi connectivity index (χ1) is 11.8. The molecule has 4 nitrogen and oxygen atoms in total. The minimum atomic E-state index is 0.723. The standard InChI is InChI=1S/C20H42N4/c1-3-5-7-19-9-13-23-16-12-22-20(8-6-4-2)10-14-24(18-17-23)15-11-21-19/h19-22H,3-18H2,1-2H3. The van der Waals surface area contributed by atoms with Crippen molar-refractivity contribution in [2.24, 2.45) is 0 Å². The molecule has 0 radical (unpaired) electrons. The molecule has 2 N–H and O–H groups in total. The van der Waals surface area contributed by atoms with Crippen LogP contribution in [0.25, 0.3) is 0 Å². The third-order valence-corrected chi connectivity index (χ3v) is 5.85. The van der Waals surface area contributed by atoms with E-state index >= 15 is 0 Å². The Labute approximate surface area is 150 Å². The summed E-state index contributed by atoms with van der Waals surface area (Å²) in [4.78, 5) is 5.41. The van der Waals surface area contributed by atoms with E-state index in [4.69, 9.17) is 0 Å². The van der Waals surface area contributed by atoms with Crippen LogP contribution in [0.3, 0.4) is 0 Å². The van der Waals surface area contributed by atoms with Gasteiger partial charge in [0.2, 0.25) is 0 Å². The van der Waals surface area contributed by atoms with Crippen LogP contribution in [0, 0.1) is 0 Å². The molecule has 142 valence electrons. The lowest BCUT2D eigenvalue weighted by atomic mass is 10.0. The zero-order chi connectivity index (χ0) is 17.0. The predicted molar refractivity (Wildman–Crippen MR) is 105 cm³/mol. The van der Waals surface area contributed by atoms with E-state index in [9.17, 15) is 0 Å². The van der Waals surface area contributed by atoms with Crippen molar-refractivity contribution in [2.75, 3.05) is 52.4 Å². The molecule has 2 fully saturated rings. The second-order valence-corrected chi connectivity index (χ2v) is 7.85. The van der Waals surface area contributed by atoms with E-state index in [1.807, 2.05) is 0 Å². The van der Waals surface area contributed by atoms with Crippen LogP contribution < -0.4 is 10.6 Å². The first-order valence-corrected chi connectivity index (χ1v) is 10.7. The largest absolute Gasteiger partial charge is 0.313 e. The molecule has 0 aromatic carbocycles. The fourth-order valence-corrected chi connectivity index (χ4v) is 4.08. The maximum Gasteiger partial charge on any atom is 0.0110 e. The number of nitrogens with one attached hydrogen (secondary N) is 2. The third kappa shape index (κ3) is 7.81. The SMILES string of the molecule is CCCCC1CCN2CCNC(CCCC)CCN(CCN1)CC2. The summed E-state index contributed by atoms with van der Waals surface area (Å²) in [5, 5.41) is 7.71. The highest BCUT2D eigenvalue weighted by Gasteiger charge is 2.19. The zero-order valence-electron chi connectivity index (χ0n) is 16.4. The smallest absolute Gasteiger partial charge is 0.0110 e. The quantitative estimate of drug-likeness (QED) is 0.779. The first kappa shape index (κ1) is 20.2. The lowest BCUT2D eigenvalue weighted by Crippen LogP contribution is -2.49. The Bertz CT molecular complexity index is 280. The van der Waals surface area contributed by atoms with Crippen LogP contribution in [0.1, 0.15) is 65.2 Å². The molecule has 2 saturated heterocycles. The number of fused-ring (bicyclic) bond motifs is 3. The Hall–Kier alpha value is -0.160. The van der Waals surface area contributed by atoms with Crippen LogP contribution in [0.2, 0.25) is 0 Å². The molecule has 2 aliphatic rings. The monoisotopic (exact) mass is 338 g/mol. The highest BCUT2D eigenvalue weighted by atomic mass is 15.2. The van der Waals surface area contributed by atoms with Gasteiger partial charge >= 0.3 is 0 Å². The van der Waals surface area contributed by atoms with Gasteiger partial charge in [-0.2, -0.15) is 0 Å². The summed E-state index contributed by atoms with van der Waals surface area (Å²) in [6, 6.07) is 1.45. The fourth-order valence-electron chi connectivity index (χ4n) is 4.08. The number of nitrogens with zero attached hydrogens (tertiary/aromatic N) is 2. The van der Waals surface area contributed by atoms with Gasteiger partial charge in [-0.15, -0.1) is 0 Å². The molecule has 0 aliphatic carbocycles. The van der Waals surface area contributed by atoms with Gasteiger partial charge in [0, 0.05) is 51.4 Å². The highest BCUT2D eigenvalue weighted by molar-refractivity contribution is 4.78. The Kier molecular flexibility index (Phi) is 10.3. The van der Waals surface area contributed by atoms with Gasteiger partial charge in [-0.1, -0.05) is 39.5 Å². The first-order valence-electron chi connectivity index (χ1n) is 10.7. The average Bonchev–Trinajstić information content (AvgIpc) is 2.61. The van der Waals surface area contributed by atoms with Gasteiger partial charge in [0.05, 0.1) is 0 Å². The summed E-state index contributed by atoms with van der Waals surface area (Å²) >= 11 is 0. The van der Waals surface area contributed by atoms with E-state index in [-0.39, 0.29) is 0 Å². The van der Waals surface area contributed by atoms with Crippen molar-refractivity contribution in [1.29, 1.82) is 0 Å². The molecule has 2 bridgehead atoms.